The molecule has 11 heteroatoms. The molecule has 1 spiro atoms. The van der Waals surface area contributed by atoms with E-state index in [1.54, 1.807) is 73.7 Å². The van der Waals surface area contributed by atoms with Crippen LogP contribution in [0.1, 0.15) is 31.4 Å². The fraction of sp³-hybridized carbons (Fsp3) is 0.394. The van der Waals surface area contributed by atoms with Crippen molar-refractivity contribution in [3.63, 3.8) is 0 Å². The molecule has 0 radical (unpaired) electrons. The lowest BCUT2D eigenvalue weighted by molar-refractivity contribution is -0.159. The van der Waals surface area contributed by atoms with Gasteiger partial charge in [-0.2, -0.15) is 0 Å². The summed E-state index contributed by atoms with van der Waals surface area (Å²) < 4.78 is 12.2. The Morgan fingerprint density at radius 1 is 1.05 bits per heavy atom. The fourth-order valence-corrected chi connectivity index (χ4v) is 7.06. The van der Waals surface area contributed by atoms with Gasteiger partial charge < -0.3 is 29.7 Å². The first kappa shape index (κ1) is 30.1. The number of aliphatic hydroxyl groups excluding tert-OH is 1. The van der Waals surface area contributed by atoms with Gasteiger partial charge >= 0.3 is 5.97 Å². The maximum absolute atomic E-state index is 14.9. The van der Waals surface area contributed by atoms with Gasteiger partial charge in [0, 0.05) is 13.0 Å². The number of likely N-dealkylation sites (tertiary alicyclic amines) is 1. The first-order valence-electron chi connectivity index (χ1n) is 14.8. The van der Waals surface area contributed by atoms with E-state index in [0.717, 1.165) is 0 Å². The Balaban J connectivity index is 1.50. The Hall–Kier alpha value is -3.99. The second-order valence-corrected chi connectivity index (χ2v) is 11.9. The summed E-state index contributed by atoms with van der Waals surface area (Å²) in [6.07, 6.45) is 6.20. The van der Waals surface area contributed by atoms with Crippen LogP contribution in [0.25, 0.3) is 0 Å². The smallest absolute Gasteiger partial charge is 0.313 e. The zero-order valence-corrected chi connectivity index (χ0v) is 24.9. The van der Waals surface area contributed by atoms with Crippen molar-refractivity contribution in [2.75, 3.05) is 24.6 Å². The van der Waals surface area contributed by atoms with Crippen molar-refractivity contribution < 1.29 is 33.8 Å². The third-order valence-corrected chi connectivity index (χ3v) is 9.14. The molecule has 0 saturated carbocycles. The number of nitrogens with one attached hydrogen (secondary N) is 1. The van der Waals surface area contributed by atoms with Crippen LogP contribution in [0.4, 0.5) is 5.69 Å². The van der Waals surface area contributed by atoms with E-state index < -0.39 is 66.1 Å². The van der Waals surface area contributed by atoms with Gasteiger partial charge in [0.05, 0.1) is 41.9 Å². The van der Waals surface area contributed by atoms with Gasteiger partial charge in [0.25, 0.3) is 5.91 Å². The lowest BCUT2D eigenvalue weighted by Crippen LogP contribution is -2.57. The van der Waals surface area contributed by atoms with Crippen LogP contribution in [0.15, 0.2) is 78.9 Å². The molecule has 4 aliphatic rings. The molecule has 10 nitrogen and oxygen atoms in total. The summed E-state index contributed by atoms with van der Waals surface area (Å²) in [5.74, 6) is -3.92. The van der Waals surface area contributed by atoms with Gasteiger partial charge in [0.15, 0.2) is 0 Å². The standard InChI is InChI=1S/C33H34ClN3O7/c1-20-18-35-26(39)14-6-3-9-17-36(23-13-8-7-12-22(23)34)31(41)29-33-16-15-25(44-33)27(32(42)43-20)28(33)30(40)37(29)24(19-38)21-10-4-2-5-11-21/h2-5,7-13,15-16,20,24-25,27-29,38H,6,14,17-19H2,1H3,(H,35,39)/b9-3-/t20-,24-,25+,27-,28-,29+,33-/m1/s1. The van der Waals surface area contributed by atoms with Gasteiger partial charge in [-0.05, 0) is 31.0 Å². The van der Waals surface area contributed by atoms with E-state index in [2.05, 4.69) is 5.32 Å². The number of halogens is 1. The molecule has 2 aromatic carbocycles. The second-order valence-electron chi connectivity index (χ2n) is 11.5. The van der Waals surface area contributed by atoms with E-state index in [9.17, 15) is 24.3 Å². The number of rotatable bonds is 4. The summed E-state index contributed by atoms with van der Waals surface area (Å²) in [4.78, 5) is 58.4. The van der Waals surface area contributed by atoms with Crippen LogP contribution < -0.4 is 10.2 Å². The number of carbonyl (C=O) groups excluding carboxylic acids is 4. The Morgan fingerprint density at radius 2 is 1.80 bits per heavy atom. The number of cyclic esters (lactones) is 1. The number of allylic oxidation sites excluding steroid dienone is 1. The molecule has 230 valence electrons. The lowest BCUT2D eigenvalue weighted by Gasteiger charge is -2.39. The number of nitrogens with zero attached hydrogens (tertiary/aromatic N) is 2. The van der Waals surface area contributed by atoms with E-state index in [-0.39, 0.29) is 25.4 Å². The molecule has 3 amide bonds. The number of benzene rings is 2. The van der Waals surface area contributed by atoms with Crippen molar-refractivity contribution >= 4 is 41.0 Å². The van der Waals surface area contributed by atoms with Crippen molar-refractivity contribution in [2.24, 2.45) is 11.8 Å². The van der Waals surface area contributed by atoms with E-state index in [1.165, 1.54) is 9.80 Å². The molecule has 2 aromatic rings. The molecular formula is C33H34ClN3O7. The van der Waals surface area contributed by atoms with Gasteiger partial charge in [0.2, 0.25) is 11.8 Å². The van der Waals surface area contributed by atoms with Crippen LogP contribution in [0, 0.1) is 11.8 Å². The minimum atomic E-state index is -1.49. The molecule has 7 atom stereocenters. The Bertz CT molecular complexity index is 1510. The number of para-hydroxylation sites is 1. The highest BCUT2D eigenvalue weighted by Crippen LogP contribution is 2.57. The highest BCUT2D eigenvalue weighted by Gasteiger charge is 2.74. The zero-order valence-electron chi connectivity index (χ0n) is 24.2. The number of ether oxygens (including phenoxy) is 2. The van der Waals surface area contributed by atoms with Crippen molar-refractivity contribution in [1.29, 1.82) is 0 Å². The average Bonchev–Trinajstić information content (AvgIpc) is 3.66. The molecule has 0 unspecified atom stereocenters. The van der Waals surface area contributed by atoms with Gasteiger partial charge in [0.1, 0.15) is 23.7 Å². The summed E-state index contributed by atoms with van der Waals surface area (Å²) in [5.41, 5.74) is -0.432. The number of aliphatic hydroxyl groups is 1. The van der Waals surface area contributed by atoms with E-state index in [1.807, 2.05) is 12.1 Å². The van der Waals surface area contributed by atoms with Gasteiger partial charge in [-0.25, -0.2) is 0 Å². The maximum Gasteiger partial charge on any atom is 0.313 e. The zero-order chi connectivity index (χ0) is 31.0. The molecule has 0 aromatic heterocycles. The van der Waals surface area contributed by atoms with Crippen LogP contribution in [0.2, 0.25) is 5.02 Å². The summed E-state index contributed by atoms with van der Waals surface area (Å²) in [5, 5.41) is 13.8. The van der Waals surface area contributed by atoms with Crippen LogP contribution >= 0.6 is 11.6 Å². The third-order valence-electron chi connectivity index (χ3n) is 8.82. The average molecular weight is 620 g/mol. The number of fused-ring (bicyclic) bond motifs is 2. The fourth-order valence-electron chi connectivity index (χ4n) is 6.82. The molecular weight excluding hydrogens is 586 g/mol. The highest BCUT2D eigenvalue weighted by atomic mass is 35.5. The molecule has 4 aliphatic heterocycles. The third kappa shape index (κ3) is 5.10. The maximum atomic E-state index is 14.9. The summed E-state index contributed by atoms with van der Waals surface area (Å²) in [6, 6.07) is 13.7. The summed E-state index contributed by atoms with van der Waals surface area (Å²) in [6.45, 7) is 1.40. The number of esters is 1. The van der Waals surface area contributed by atoms with Crippen molar-refractivity contribution in [2.45, 2.75) is 49.7 Å². The first-order chi connectivity index (χ1) is 21.3. The predicted molar refractivity (Wildman–Crippen MR) is 161 cm³/mol. The molecule has 6 rings (SSSR count). The molecule has 44 heavy (non-hydrogen) atoms. The Morgan fingerprint density at radius 3 is 2.55 bits per heavy atom. The normalized spacial score (nSPS) is 31.9. The minimum Gasteiger partial charge on any atom is -0.460 e. The van der Waals surface area contributed by atoms with E-state index in [0.29, 0.717) is 22.7 Å². The van der Waals surface area contributed by atoms with Gasteiger partial charge in [-0.3, -0.25) is 19.2 Å². The van der Waals surface area contributed by atoms with E-state index in [4.69, 9.17) is 21.1 Å². The summed E-state index contributed by atoms with van der Waals surface area (Å²) >= 11 is 6.62. The SMILES string of the molecule is C[C@@H]1CNC(=O)CC/C=C\CN(c2ccccc2Cl)C(=O)[C@@H]2N([C@H](CO)c3ccccc3)C(=O)[C@H]3[C@H](C(=O)O1)[C@@H]1C=C[C@]23O1. The molecule has 4 heterocycles. The molecule has 2 saturated heterocycles. The monoisotopic (exact) mass is 619 g/mol. The molecule has 2 fully saturated rings. The van der Waals surface area contributed by atoms with Crippen LogP contribution in [0.3, 0.4) is 0 Å². The van der Waals surface area contributed by atoms with Crippen molar-refractivity contribution in [3.05, 3.63) is 89.5 Å². The topological polar surface area (TPSA) is 125 Å². The van der Waals surface area contributed by atoms with Crippen LogP contribution in [-0.4, -0.2) is 77.2 Å². The lowest BCUT2D eigenvalue weighted by atomic mass is 9.74. The number of carbonyl (C=O) groups is 4. The number of amides is 3. The number of hydrogen-bond donors (Lipinski definition) is 2. The number of hydrogen-bond acceptors (Lipinski definition) is 7. The first-order valence-corrected chi connectivity index (χ1v) is 15.2. The van der Waals surface area contributed by atoms with E-state index >= 15 is 0 Å². The minimum absolute atomic E-state index is 0.0915. The summed E-state index contributed by atoms with van der Waals surface area (Å²) in [7, 11) is 0. The number of anilines is 1. The largest absolute Gasteiger partial charge is 0.460 e. The second kappa shape index (κ2) is 12.2. The molecule has 0 aliphatic carbocycles. The highest BCUT2D eigenvalue weighted by molar-refractivity contribution is 6.34. The Kier molecular flexibility index (Phi) is 8.32. The molecule has 5 bridgehead atoms. The van der Waals surface area contributed by atoms with Crippen molar-refractivity contribution in [1.82, 2.24) is 10.2 Å². The van der Waals surface area contributed by atoms with Crippen LogP contribution in [-0.2, 0) is 28.7 Å². The molecule has 2 N–H and O–H groups in total. The van der Waals surface area contributed by atoms with Crippen molar-refractivity contribution in [3.8, 4) is 0 Å². The quantitative estimate of drug-likeness (QED) is 0.398. The Labute approximate surface area is 260 Å². The van der Waals surface area contributed by atoms with Gasteiger partial charge in [-0.1, -0.05) is 78.4 Å². The predicted octanol–water partition coefficient (Wildman–Crippen LogP) is 2.96. The van der Waals surface area contributed by atoms with Crippen LogP contribution in [0.5, 0.6) is 0 Å². The van der Waals surface area contributed by atoms with Gasteiger partial charge in [-0.15, -0.1) is 0 Å².